The molecule has 0 unspecified atom stereocenters. The van der Waals surface area contributed by atoms with Crippen molar-refractivity contribution in [1.29, 1.82) is 0 Å². The molecule has 0 radical (unpaired) electrons. The number of rotatable bonds is 6. The summed E-state index contributed by atoms with van der Waals surface area (Å²) in [6, 6.07) is 12.2. The average Bonchev–Trinajstić information content (AvgIpc) is 3.07. The van der Waals surface area contributed by atoms with Gasteiger partial charge in [-0.3, -0.25) is 14.9 Å². The number of aryl methyl sites for hydroxylation is 1. The molecule has 2 amide bonds. The highest BCUT2D eigenvalue weighted by Crippen LogP contribution is 2.27. The molecular weight excluding hydrogens is 439 g/mol. The maximum absolute atomic E-state index is 12.3. The van der Waals surface area contributed by atoms with Crippen molar-refractivity contribution in [3.05, 3.63) is 63.6 Å². The molecular formula is C18H14Cl2N4O2S2. The van der Waals surface area contributed by atoms with Crippen LogP contribution in [0.15, 0.2) is 46.8 Å². The van der Waals surface area contributed by atoms with E-state index in [-0.39, 0.29) is 22.2 Å². The van der Waals surface area contributed by atoms with E-state index >= 15 is 0 Å². The molecule has 1 aromatic heterocycles. The van der Waals surface area contributed by atoms with Gasteiger partial charge in [-0.1, -0.05) is 58.4 Å². The van der Waals surface area contributed by atoms with Gasteiger partial charge in [-0.05, 0) is 42.8 Å². The third-order valence-corrected chi connectivity index (χ3v) is 5.95. The van der Waals surface area contributed by atoms with E-state index in [0.29, 0.717) is 14.5 Å². The van der Waals surface area contributed by atoms with Crippen molar-refractivity contribution in [2.45, 2.75) is 11.3 Å². The van der Waals surface area contributed by atoms with Crippen molar-refractivity contribution in [1.82, 2.24) is 10.2 Å². The predicted octanol–water partition coefficient (Wildman–Crippen LogP) is 5.14. The smallest absolute Gasteiger partial charge is 0.259 e. The van der Waals surface area contributed by atoms with E-state index in [0.717, 1.165) is 11.3 Å². The van der Waals surface area contributed by atoms with Gasteiger partial charge in [0.15, 0.2) is 4.34 Å². The number of aromatic nitrogens is 2. The molecule has 0 aliphatic carbocycles. The first-order valence-electron chi connectivity index (χ1n) is 8.00. The second kappa shape index (κ2) is 9.38. The maximum atomic E-state index is 12.3. The Kier molecular flexibility index (Phi) is 6.90. The summed E-state index contributed by atoms with van der Waals surface area (Å²) in [5.41, 5.74) is 2.10. The van der Waals surface area contributed by atoms with Gasteiger partial charge in [0, 0.05) is 10.7 Å². The van der Waals surface area contributed by atoms with E-state index in [4.69, 9.17) is 23.2 Å². The van der Waals surface area contributed by atoms with Gasteiger partial charge in [-0.2, -0.15) is 0 Å². The number of carbonyl (C=O) groups excluding carboxylic acids is 2. The van der Waals surface area contributed by atoms with Gasteiger partial charge in [0.05, 0.1) is 16.3 Å². The highest BCUT2D eigenvalue weighted by atomic mass is 35.5. The minimum atomic E-state index is -0.411. The Hall–Kier alpha value is -2.13. The molecule has 0 saturated heterocycles. The molecule has 0 saturated carbocycles. The van der Waals surface area contributed by atoms with Crippen molar-refractivity contribution in [3.8, 4) is 0 Å². The summed E-state index contributed by atoms with van der Waals surface area (Å²) >= 11 is 14.3. The lowest BCUT2D eigenvalue weighted by Gasteiger charge is -2.04. The second-order valence-corrected chi connectivity index (χ2v) is 8.70. The zero-order valence-corrected chi connectivity index (χ0v) is 17.7. The lowest BCUT2D eigenvalue weighted by atomic mass is 10.2. The Labute approximate surface area is 179 Å². The Bertz CT molecular complexity index is 1030. The normalized spacial score (nSPS) is 10.5. The maximum Gasteiger partial charge on any atom is 0.259 e. The molecule has 28 heavy (non-hydrogen) atoms. The first kappa shape index (κ1) is 20.6. The number of amides is 2. The van der Waals surface area contributed by atoms with Gasteiger partial charge in [0.2, 0.25) is 11.0 Å². The topological polar surface area (TPSA) is 84.0 Å². The fourth-order valence-electron chi connectivity index (χ4n) is 2.20. The molecule has 0 fully saturated rings. The number of nitrogens with zero attached hydrogens (tertiary/aromatic N) is 2. The summed E-state index contributed by atoms with van der Waals surface area (Å²) < 4.78 is 0.567. The van der Waals surface area contributed by atoms with Crippen LogP contribution in [-0.2, 0) is 4.79 Å². The van der Waals surface area contributed by atoms with Crippen LogP contribution in [0.2, 0.25) is 10.0 Å². The van der Waals surface area contributed by atoms with Crippen LogP contribution in [-0.4, -0.2) is 27.8 Å². The standard InChI is InChI=1S/C18H14Cl2N4O2S2/c1-10-3-2-4-12(7-10)21-15(25)9-27-18-24-23-17(28-18)22-16(26)13-6-5-11(19)8-14(13)20/h2-8H,9H2,1H3,(H,21,25)(H,22,23,26). The zero-order valence-electron chi connectivity index (χ0n) is 14.5. The van der Waals surface area contributed by atoms with Gasteiger partial charge in [-0.25, -0.2) is 0 Å². The molecule has 0 spiro atoms. The quantitative estimate of drug-likeness (QED) is 0.399. The molecule has 144 valence electrons. The van der Waals surface area contributed by atoms with Gasteiger partial charge < -0.3 is 5.32 Å². The summed E-state index contributed by atoms with van der Waals surface area (Å²) in [5, 5.41) is 14.4. The van der Waals surface area contributed by atoms with Crippen LogP contribution in [0, 0.1) is 6.92 Å². The number of hydrogen-bond donors (Lipinski definition) is 2. The number of thioether (sulfide) groups is 1. The number of hydrogen-bond acceptors (Lipinski definition) is 6. The highest BCUT2D eigenvalue weighted by molar-refractivity contribution is 8.01. The number of halogens is 2. The molecule has 2 N–H and O–H groups in total. The van der Waals surface area contributed by atoms with Crippen LogP contribution in [0.1, 0.15) is 15.9 Å². The SMILES string of the molecule is Cc1cccc(NC(=O)CSc2nnc(NC(=O)c3ccc(Cl)cc3Cl)s2)c1. The van der Waals surface area contributed by atoms with Gasteiger partial charge >= 0.3 is 0 Å². The first-order chi connectivity index (χ1) is 13.4. The van der Waals surface area contributed by atoms with Crippen LogP contribution >= 0.6 is 46.3 Å². The molecule has 1 heterocycles. The summed E-state index contributed by atoms with van der Waals surface area (Å²) in [6.45, 7) is 1.96. The monoisotopic (exact) mass is 452 g/mol. The largest absolute Gasteiger partial charge is 0.325 e. The lowest BCUT2D eigenvalue weighted by molar-refractivity contribution is -0.113. The molecule has 0 aliphatic rings. The number of anilines is 2. The summed E-state index contributed by atoms with van der Waals surface area (Å²) in [4.78, 5) is 24.3. The molecule has 2 aromatic carbocycles. The van der Waals surface area contributed by atoms with Crippen LogP contribution in [0.3, 0.4) is 0 Å². The lowest BCUT2D eigenvalue weighted by Crippen LogP contribution is -2.13. The van der Waals surface area contributed by atoms with Crippen molar-refractivity contribution in [3.63, 3.8) is 0 Å². The molecule has 0 bridgehead atoms. The second-order valence-electron chi connectivity index (χ2n) is 5.66. The molecule has 0 aliphatic heterocycles. The third kappa shape index (κ3) is 5.68. The number of nitrogens with one attached hydrogen (secondary N) is 2. The van der Waals surface area contributed by atoms with E-state index in [1.807, 2.05) is 31.2 Å². The Balaban J connectivity index is 1.54. The van der Waals surface area contributed by atoms with Crippen molar-refractivity contribution in [2.24, 2.45) is 0 Å². The molecule has 6 nitrogen and oxygen atoms in total. The summed E-state index contributed by atoms with van der Waals surface area (Å²) in [6.07, 6.45) is 0. The summed E-state index contributed by atoms with van der Waals surface area (Å²) in [7, 11) is 0. The van der Waals surface area contributed by atoms with Crippen LogP contribution in [0.4, 0.5) is 10.8 Å². The Morgan fingerprint density at radius 1 is 1.11 bits per heavy atom. The Morgan fingerprint density at radius 3 is 2.68 bits per heavy atom. The minimum absolute atomic E-state index is 0.149. The fourth-order valence-corrected chi connectivity index (χ4v) is 4.25. The molecule has 3 rings (SSSR count). The van der Waals surface area contributed by atoms with Crippen molar-refractivity contribution in [2.75, 3.05) is 16.4 Å². The average molecular weight is 453 g/mol. The van der Waals surface area contributed by atoms with Crippen molar-refractivity contribution < 1.29 is 9.59 Å². The van der Waals surface area contributed by atoms with E-state index in [2.05, 4.69) is 20.8 Å². The third-order valence-electron chi connectivity index (χ3n) is 3.43. The van der Waals surface area contributed by atoms with Crippen molar-refractivity contribution >= 4 is 68.9 Å². The first-order valence-corrected chi connectivity index (χ1v) is 10.6. The van der Waals surface area contributed by atoms with E-state index < -0.39 is 5.91 Å². The van der Waals surface area contributed by atoms with E-state index in [9.17, 15) is 9.59 Å². The molecule has 0 atom stereocenters. The fraction of sp³-hybridized carbons (Fsp3) is 0.111. The zero-order chi connectivity index (χ0) is 20.1. The minimum Gasteiger partial charge on any atom is -0.325 e. The number of carbonyl (C=O) groups is 2. The predicted molar refractivity (Wildman–Crippen MR) is 115 cm³/mol. The van der Waals surface area contributed by atoms with Crippen LogP contribution in [0.5, 0.6) is 0 Å². The van der Waals surface area contributed by atoms with Crippen LogP contribution in [0.25, 0.3) is 0 Å². The van der Waals surface area contributed by atoms with Gasteiger partial charge in [0.25, 0.3) is 5.91 Å². The van der Waals surface area contributed by atoms with Gasteiger partial charge in [0.1, 0.15) is 0 Å². The van der Waals surface area contributed by atoms with E-state index in [1.165, 1.54) is 35.2 Å². The van der Waals surface area contributed by atoms with Gasteiger partial charge in [-0.15, -0.1) is 10.2 Å². The van der Waals surface area contributed by atoms with Crippen LogP contribution < -0.4 is 10.6 Å². The summed E-state index contributed by atoms with van der Waals surface area (Å²) in [5.74, 6) is -0.379. The molecule has 10 heteroatoms. The highest BCUT2D eigenvalue weighted by Gasteiger charge is 2.14. The number of benzene rings is 2. The Morgan fingerprint density at radius 2 is 1.93 bits per heavy atom. The van der Waals surface area contributed by atoms with E-state index in [1.54, 1.807) is 6.07 Å². The molecule has 3 aromatic rings.